The molecule has 4 saturated carbocycles. The molecule has 0 bridgehead atoms. The summed E-state index contributed by atoms with van der Waals surface area (Å²) in [5, 5.41) is 0. The van der Waals surface area contributed by atoms with E-state index >= 15 is 0 Å². The monoisotopic (exact) mass is 399 g/mol. The maximum absolute atomic E-state index is 3.13. The van der Waals surface area contributed by atoms with Gasteiger partial charge < -0.3 is 0 Å². The number of hydrogen-bond acceptors (Lipinski definition) is 1. The van der Waals surface area contributed by atoms with Gasteiger partial charge in [0.15, 0.2) is 0 Å². The van der Waals surface area contributed by atoms with Gasteiger partial charge in [-0.1, -0.05) is 70.9 Å². The van der Waals surface area contributed by atoms with Crippen molar-refractivity contribution in [3.05, 3.63) is 12.2 Å². The van der Waals surface area contributed by atoms with Crippen LogP contribution in [-0.4, -0.2) is 23.0 Å². The largest absolute Gasteiger partial charge is 0.294 e. The maximum Gasteiger partial charge on any atom is 0.0102 e. The molecule has 4 aliphatic rings. The molecule has 0 aliphatic heterocycles. The molecule has 4 fully saturated rings. The second-order valence-electron chi connectivity index (χ2n) is 11.5. The van der Waals surface area contributed by atoms with Gasteiger partial charge in [0.2, 0.25) is 0 Å². The zero-order valence-corrected chi connectivity index (χ0v) is 19.7. The third-order valence-corrected chi connectivity index (χ3v) is 9.31. The summed E-state index contributed by atoms with van der Waals surface area (Å²) < 4.78 is 0. The van der Waals surface area contributed by atoms with Crippen molar-refractivity contribution in [2.45, 2.75) is 141 Å². The van der Waals surface area contributed by atoms with Crippen LogP contribution in [0.2, 0.25) is 0 Å². The van der Waals surface area contributed by atoms with Gasteiger partial charge in [-0.05, 0) is 87.9 Å². The van der Waals surface area contributed by atoms with Crippen LogP contribution in [0.5, 0.6) is 0 Å². The highest BCUT2D eigenvalue weighted by Gasteiger charge is 2.35. The van der Waals surface area contributed by atoms with E-state index in [9.17, 15) is 0 Å². The molecule has 0 saturated heterocycles. The molecule has 3 unspecified atom stereocenters. The number of allylic oxidation sites excluding steroid dienone is 2. The Morgan fingerprint density at radius 1 is 0.552 bits per heavy atom. The minimum atomic E-state index is 0.859. The molecular weight excluding hydrogens is 350 g/mol. The summed E-state index contributed by atoms with van der Waals surface area (Å²) in [6.07, 6.45) is 30.4. The molecule has 166 valence electrons. The van der Waals surface area contributed by atoms with E-state index in [4.69, 9.17) is 0 Å². The average molecular weight is 400 g/mol. The summed E-state index contributed by atoms with van der Waals surface area (Å²) in [5.41, 5.74) is 0. The van der Waals surface area contributed by atoms with E-state index in [1.807, 2.05) is 0 Å². The van der Waals surface area contributed by atoms with Crippen molar-refractivity contribution in [1.29, 1.82) is 0 Å². The Labute approximate surface area is 182 Å². The maximum atomic E-state index is 3.13. The van der Waals surface area contributed by atoms with Gasteiger partial charge in [-0.25, -0.2) is 0 Å². The first-order valence-corrected chi connectivity index (χ1v) is 13.7. The quantitative estimate of drug-likeness (QED) is 0.422. The topological polar surface area (TPSA) is 3.24 Å². The number of nitrogens with zero attached hydrogens (tertiary/aromatic N) is 1. The number of rotatable bonds is 5. The van der Waals surface area contributed by atoms with Crippen molar-refractivity contribution >= 4 is 0 Å². The van der Waals surface area contributed by atoms with Crippen LogP contribution in [-0.2, 0) is 0 Å². The SMILES string of the molecule is CC1CCC(C)C(/C=C/C2CCC(N(C3CCCCC3)C3CCCCC3)CC2)C1. The summed E-state index contributed by atoms with van der Waals surface area (Å²) in [4.78, 5) is 3.13. The lowest BCUT2D eigenvalue weighted by molar-refractivity contribution is 0.0182. The molecule has 3 atom stereocenters. The fourth-order valence-electron chi connectivity index (χ4n) is 7.39. The first-order chi connectivity index (χ1) is 14.2. The molecule has 4 rings (SSSR count). The van der Waals surface area contributed by atoms with E-state index in [0.717, 1.165) is 41.8 Å². The minimum Gasteiger partial charge on any atom is -0.294 e. The molecule has 1 heteroatoms. The zero-order valence-electron chi connectivity index (χ0n) is 19.7. The highest BCUT2D eigenvalue weighted by Crippen LogP contribution is 2.39. The standard InChI is InChI=1S/C28H49N/c1-22-13-14-23(2)25(21-22)18-15-24-16-19-28(20-17-24)29(26-9-5-3-6-10-26)27-11-7-4-8-12-27/h15,18,22-28H,3-14,16-17,19-21H2,1-2H3/b18-15+. The van der Waals surface area contributed by atoms with E-state index < -0.39 is 0 Å². The van der Waals surface area contributed by atoms with Crippen molar-refractivity contribution in [3.63, 3.8) is 0 Å². The van der Waals surface area contributed by atoms with Crippen LogP contribution in [0.15, 0.2) is 12.2 Å². The van der Waals surface area contributed by atoms with E-state index in [1.54, 1.807) is 0 Å². The minimum absolute atomic E-state index is 0.859. The highest BCUT2D eigenvalue weighted by atomic mass is 15.2. The summed E-state index contributed by atoms with van der Waals surface area (Å²) in [6.45, 7) is 4.95. The van der Waals surface area contributed by atoms with Crippen molar-refractivity contribution in [1.82, 2.24) is 4.90 Å². The van der Waals surface area contributed by atoms with Crippen LogP contribution in [0.1, 0.15) is 123 Å². The molecule has 29 heavy (non-hydrogen) atoms. The van der Waals surface area contributed by atoms with Gasteiger partial charge in [0, 0.05) is 18.1 Å². The molecular formula is C28H49N. The fraction of sp³-hybridized carbons (Fsp3) is 0.929. The molecule has 0 heterocycles. The van der Waals surface area contributed by atoms with Crippen molar-refractivity contribution < 1.29 is 0 Å². The van der Waals surface area contributed by atoms with Crippen LogP contribution in [0.3, 0.4) is 0 Å². The second-order valence-corrected chi connectivity index (χ2v) is 11.5. The molecule has 0 aromatic heterocycles. The second kappa shape index (κ2) is 10.8. The Morgan fingerprint density at radius 3 is 1.69 bits per heavy atom. The molecule has 0 amide bonds. The molecule has 0 N–H and O–H groups in total. The summed E-state index contributed by atoms with van der Waals surface area (Å²) in [7, 11) is 0. The first kappa shape index (κ1) is 21.9. The van der Waals surface area contributed by atoms with Crippen LogP contribution >= 0.6 is 0 Å². The third-order valence-electron chi connectivity index (χ3n) is 9.31. The highest BCUT2D eigenvalue weighted by molar-refractivity contribution is 4.99. The van der Waals surface area contributed by atoms with Crippen LogP contribution < -0.4 is 0 Å². The molecule has 0 spiro atoms. The first-order valence-electron chi connectivity index (χ1n) is 13.7. The van der Waals surface area contributed by atoms with Gasteiger partial charge in [0.25, 0.3) is 0 Å². The molecule has 1 nitrogen and oxygen atoms in total. The molecule has 0 aromatic rings. The summed E-state index contributed by atoms with van der Waals surface area (Å²) >= 11 is 0. The Balaban J connectivity index is 1.32. The van der Waals surface area contributed by atoms with Gasteiger partial charge >= 0.3 is 0 Å². The van der Waals surface area contributed by atoms with Gasteiger partial charge in [0.1, 0.15) is 0 Å². The van der Waals surface area contributed by atoms with Crippen LogP contribution in [0, 0.1) is 23.7 Å². The van der Waals surface area contributed by atoms with Gasteiger partial charge in [-0.3, -0.25) is 4.90 Å². The lowest BCUT2D eigenvalue weighted by Gasteiger charge is -2.48. The van der Waals surface area contributed by atoms with Crippen molar-refractivity contribution in [2.24, 2.45) is 23.7 Å². The van der Waals surface area contributed by atoms with E-state index in [0.29, 0.717) is 0 Å². The molecule has 4 aliphatic carbocycles. The predicted octanol–water partition coefficient (Wildman–Crippen LogP) is 8.14. The Kier molecular flexibility index (Phi) is 8.18. The van der Waals surface area contributed by atoms with Crippen LogP contribution in [0.25, 0.3) is 0 Å². The Hall–Kier alpha value is -0.300. The normalized spacial score (nSPS) is 38.7. The lowest BCUT2D eigenvalue weighted by Crippen LogP contribution is -2.51. The van der Waals surface area contributed by atoms with E-state index in [2.05, 4.69) is 30.9 Å². The van der Waals surface area contributed by atoms with Gasteiger partial charge in [-0.15, -0.1) is 0 Å². The third kappa shape index (κ3) is 5.90. The summed E-state index contributed by atoms with van der Waals surface area (Å²) in [6, 6.07) is 2.75. The molecule has 0 aromatic carbocycles. The van der Waals surface area contributed by atoms with E-state index in [1.165, 1.54) is 109 Å². The Morgan fingerprint density at radius 2 is 1.10 bits per heavy atom. The number of hydrogen-bond donors (Lipinski definition) is 0. The van der Waals surface area contributed by atoms with Crippen molar-refractivity contribution in [2.75, 3.05) is 0 Å². The smallest absolute Gasteiger partial charge is 0.0102 e. The average Bonchev–Trinajstić information content (AvgIpc) is 2.77. The van der Waals surface area contributed by atoms with Crippen LogP contribution in [0.4, 0.5) is 0 Å². The van der Waals surface area contributed by atoms with Crippen molar-refractivity contribution in [3.8, 4) is 0 Å². The zero-order chi connectivity index (χ0) is 20.1. The lowest BCUT2D eigenvalue weighted by atomic mass is 9.74. The summed E-state index contributed by atoms with van der Waals surface area (Å²) in [5.74, 6) is 3.58. The van der Waals surface area contributed by atoms with Gasteiger partial charge in [0.05, 0.1) is 0 Å². The predicted molar refractivity (Wildman–Crippen MR) is 126 cm³/mol. The van der Waals surface area contributed by atoms with E-state index in [-0.39, 0.29) is 0 Å². The molecule has 0 radical (unpaired) electrons. The van der Waals surface area contributed by atoms with Gasteiger partial charge in [-0.2, -0.15) is 0 Å². The Bertz CT molecular complexity index is 472. The fourth-order valence-corrected chi connectivity index (χ4v) is 7.39.